The van der Waals surface area contributed by atoms with Crippen molar-refractivity contribution in [2.45, 2.75) is 35.8 Å². The normalized spacial score (nSPS) is 12.4. The van der Waals surface area contributed by atoms with Gasteiger partial charge in [-0.25, -0.2) is 13.2 Å². The summed E-state index contributed by atoms with van der Waals surface area (Å²) in [6.07, 6.45) is 0.416. The molecule has 0 aliphatic carbocycles. The smallest absolute Gasteiger partial charge is 0.337 e. The van der Waals surface area contributed by atoms with Crippen molar-refractivity contribution in [3.63, 3.8) is 0 Å². The van der Waals surface area contributed by atoms with Gasteiger partial charge in [0.1, 0.15) is 17.1 Å². The summed E-state index contributed by atoms with van der Waals surface area (Å²) < 4.78 is 88.6. The zero-order valence-electron chi connectivity index (χ0n) is 31.8. The Hall–Kier alpha value is -6.11. The van der Waals surface area contributed by atoms with Gasteiger partial charge < -0.3 is 20.4 Å². The van der Waals surface area contributed by atoms with Crippen LogP contribution < -0.4 is 15.6 Å². The fraction of sp³-hybridized carbons (Fsp3) is 0.194. The summed E-state index contributed by atoms with van der Waals surface area (Å²) >= 11 is 6.30. The number of azo groups is 1. The molecule has 0 aliphatic heterocycles. The van der Waals surface area contributed by atoms with Crippen LogP contribution in [0.2, 0.25) is 5.28 Å². The molecule has 5 rings (SSSR count). The predicted octanol–water partition coefficient (Wildman–Crippen LogP) is 6.29. The molecule has 1 heterocycles. The van der Waals surface area contributed by atoms with E-state index < -0.39 is 52.4 Å². The lowest BCUT2D eigenvalue weighted by atomic mass is 10.1. The summed E-state index contributed by atoms with van der Waals surface area (Å²) in [5.74, 6) is -3.44. The van der Waals surface area contributed by atoms with Crippen LogP contribution in [0.5, 0.6) is 5.75 Å². The van der Waals surface area contributed by atoms with E-state index in [0.717, 1.165) is 31.4 Å². The lowest BCUT2D eigenvalue weighted by molar-refractivity contribution is 0.0697. The van der Waals surface area contributed by atoms with Crippen LogP contribution in [0.15, 0.2) is 110 Å². The first-order valence-corrected chi connectivity index (χ1v) is 22.5. The molecule has 24 heteroatoms. The summed E-state index contributed by atoms with van der Waals surface area (Å²) in [7, 11) is -11.6. The molecule has 0 amide bonds. The van der Waals surface area contributed by atoms with E-state index in [9.17, 15) is 44.8 Å². The van der Waals surface area contributed by atoms with Crippen LogP contribution in [0.1, 0.15) is 41.8 Å². The fourth-order valence-corrected chi connectivity index (χ4v) is 8.26. The Kier molecular flexibility index (Phi) is 14.1. The maximum atomic E-state index is 13.0. The molecule has 5 N–H and O–H groups in total. The van der Waals surface area contributed by atoms with Crippen molar-refractivity contribution in [2.75, 3.05) is 35.0 Å². The minimum Gasteiger partial charge on any atom is -0.504 e. The van der Waals surface area contributed by atoms with Crippen molar-refractivity contribution in [1.29, 1.82) is 0 Å². The number of rotatable bonds is 17. The van der Waals surface area contributed by atoms with Gasteiger partial charge in [0.05, 0.1) is 33.9 Å². The molecule has 0 atom stereocenters. The van der Waals surface area contributed by atoms with Crippen LogP contribution in [-0.2, 0) is 40.0 Å². The molecule has 0 saturated carbocycles. The number of carboxylic acids is 1. The van der Waals surface area contributed by atoms with Crippen molar-refractivity contribution in [1.82, 2.24) is 15.0 Å². The number of hydrazone groups is 1. The number of sulfone groups is 1. The summed E-state index contributed by atoms with van der Waals surface area (Å²) in [6, 6.07) is 19.6. The average Bonchev–Trinajstić information content (AvgIpc) is 3.19. The molecule has 1 aromatic heterocycles. The van der Waals surface area contributed by atoms with E-state index in [1.54, 1.807) is 61.2 Å². The van der Waals surface area contributed by atoms with E-state index in [2.05, 4.69) is 41.0 Å². The molecule has 316 valence electrons. The van der Waals surface area contributed by atoms with E-state index in [1.165, 1.54) is 18.2 Å². The van der Waals surface area contributed by atoms with Gasteiger partial charge in [0.2, 0.25) is 23.0 Å². The number of nitrogens with zero attached hydrogens (tertiary/aromatic N) is 7. The number of nitrogens with one attached hydrogen (secondary N) is 2. The van der Waals surface area contributed by atoms with Gasteiger partial charge in [-0.1, -0.05) is 49.4 Å². The summed E-state index contributed by atoms with van der Waals surface area (Å²) in [5.41, 5.74) is 2.00. The largest absolute Gasteiger partial charge is 0.504 e. The lowest BCUT2D eigenvalue weighted by Crippen LogP contribution is -2.20. The standard InChI is InChI=1S/C36H36ClN9O11S3/c1-4-16-58(50,51)25-13-9-12-24(18-25)46(5-2)36-40-34(37)39-35(41-36)38-29-19-26(60(55,56)57-3)20-30(31(29)47)43-45-32(23-10-7-6-8-11-23)44-42-28-17-22(21-59(52,53)54)14-15-27(28)33(48)49/h6-15,17-20,43,47H,4-5,16,21H2,1-3H3,(H,48,49)(H,52,53,54)(H,38,39,40,41). The van der Waals surface area contributed by atoms with Crippen LogP contribution in [-0.4, -0.2) is 86.2 Å². The number of carboxylic acid groups (broad SMARTS) is 1. The number of aromatic hydroxyl groups is 1. The third-order valence-corrected chi connectivity index (χ3v) is 12.2. The number of benzene rings is 4. The highest BCUT2D eigenvalue weighted by Crippen LogP contribution is 2.38. The number of hydrogen-bond acceptors (Lipinski definition) is 17. The SMILES string of the molecule is CCCS(=O)(=O)c1cccc(N(CC)c2nc(Cl)nc(Nc3cc(S(=O)(=O)OC)cc(NN=C(N=Nc4cc(CS(=O)(=O)O)ccc4C(=O)O)c4ccccc4)c3O)n2)c1. The number of anilines is 5. The molecule has 0 unspecified atom stereocenters. The lowest BCUT2D eigenvalue weighted by Gasteiger charge is -2.22. The number of phenolic OH excluding ortho intramolecular Hbond substituents is 1. The van der Waals surface area contributed by atoms with Gasteiger partial charge >= 0.3 is 5.97 Å². The molecular formula is C36H36ClN9O11S3. The Morgan fingerprint density at radius 3 is 2.25 bits per heavy atom. The summed E-state index contributed by atoms with van der Waals surface area (Å²) in [4.78, 5) is 25.8. The monoisotopic (exact) mass is 901 g/mol. The first kappa shape index (κ1) is 45.0. The molecular weight excluding hydrogens is 866 g/mol. The summed E-state index contributed by atoms with van der Waals surface area (Å²) in [5, 5.41) is 35.9. The third kappa shape index (κ3) is 11.3. The molecule has 60 heavy (non-hydrogen) atoms. The van der Waals surface area contributed by atoms with Crippen molar-refractivity contribution in [2.24, 2.45) is 15.3 Å². The Morgan fingerprint density at radius 1 is 0.883 bits per heavy atom. The Bertz CT molecular complexity index is 2810. The van der Waals surface area contributed by atoms with Crippen LogP contribution in [0.4, 0.5) is 34.6 Å². The number of hydrogen-bond donors (Lipinski definition) is 5. The van der Waals surface area contributed by atoms with Gasteiger partial charge in [0.25, 0.3) is 20.2 Å². The quantitative estimate of drug-likeness (QED) is 0.0130. The van der Waals surface area contributed by atoms with Gasteiger partial charge in [0, 0.05) is 17.8 Å². The van der Waals surface area contributed by atoms with Crippen LogP contribution >= 0.6 is 11.6 Å². The Labute approximate surface area is 349 Å². The van der Waals surface area contributed by atoms with E-state index in [4.69, 9.17) is 15.8 Å². The molecule has 0 aliphatic rings. The number of halogens is 1. The van der Waals surface area contributed by atoms with Gasteiger partial charge in [-0.2, -0.15) is 36.9 Å². The molecule has 0 bridgehead atoms. The van der Waals surface area contributed by atoms with E-state index in [0.29, 0.717) is 17.7 Å². The zero-order valence-corrected chi connectivity index (χ0v) is 35.0. The molecule has 5 aromatic rings. The number of carbonyl (C=O) groups is 1. The number of aromatic carboxylic acids is 1. The second-order valence-electron chi connectivity index (χ2n) is 12.4. The molecule has 0 radical (unpaired) electrons. The van der Waals surface area contributed by atoms with Crippen molar-refractivity contribution in [3.05, 3.63) is 107 Å². The number of aromatic nitrogens is 3. The highest BCUT2D eigenvalue weighted by atomic mass is 35.5. The topological polar surface area (TPSA) is 292 Å². The highest BCUT2D eigenvalue weighted by molar-refractivity contribution is 7.91. The van der Waals surface area contributed by atoms with Crippen LogP contribution in [0.25, 0.3) is 0 Å². The Balaban J connectivity index is 1.56. The van der Waals surface area contributed by atoms with E-state index in [1.807, 2.05) is 0 Å². The van der Waals surface area contributed by atoms with Crippen LogP contribution in [0.3, 0.4) is 0 Å². The van der Waals surface area contributed by atoms with Gasteiger partial charge in [0.15, 0.2) is 15.6 Å². The average molecular weight is 902 g/mol. The maximum Gasteiger partial charge on any atom is 0.337 e. The first-order chi connectivity index (χ1) is 28.3. The third-order valence-electron chi connectivity index (χ3n) is 8.16. The van der Waals surface area contributed by atoms with Crippen LogP contribution in [0, 0.1) is 0 Å². The van der Waals surface area contributed by atoms with E-state index in [-0.39, 0.29) is 68.4 Å². The zero-order chi connectivity index (χ0) is 43.8. The molecule has 4 aromatic carbocycles. The molecule has 0 spiro atoms. The minimum absolute atomic E-state index is 0.00921. The van der Waals surface area contributed by atoms with Gasteiger partial charge in [-0.3, -0.25) is 14.2 Å². The molecule has 20 nitrogen and oxygen atoms in total. The number of amidine groups is 1. The maximum absolute atomic E-state index is 13.0. The minimum atomic E-state index is -4.49. The molecule has 0 fully saturated rings. The fourth-order valence-electron chi connectivity index (χ4n) is 5.42. The number of phenols is 1. The molecule has 0 saturated heterocycles. The second-order valence-corrected chi connectivity index (χ2v) is 18.0. The van der Waals surface area contributed by atoms with Gasteiger partial charge in [-0.15, -0.1) is 10.2 Å². The predicted molar refractivity (Wildman–Crippen MR) is 222 cm³/mol. The summed E-state index contributed by atoms with van der Waals surface area (Å²) in [6.45, 7) is 3.75. The second kappa shape index (κ2) is 18.9. The Morgan fingerprint density at radius 2 is 1.60 bits per heavy atom. The highest BCUT2D eigenvalue weighted by Gasteiger charge is 2.23. The van der Waals surface area contributed by atoms with Gasteiger partial charge in [-0.05, 0) is 73.0 Å². The first-order valence-electron chi connectivity index (χ1n) is 17.4. The van der Waals surface area contributed by atoms with Crippen molar-refractivity contribution in [3.8, 4) is 5.75 Å². The van der Waals surface area contributed by atoms with Crippen molar-refractivity contribution >= 4 is 88.1 Å². The van der Waals surface area contributed by atoms with E-state index >= 15 is 0 Å². The van der Waals surface area contributed by atoms with Crippen molar-refractivity contribution < 1.29 is 49.0 Å².